The van der Waals surface area contributed by atoms with Crippen LogP contribution in [0.25, 0.3) is 0 Å². The Labute approximate surface area is 105 Å². The maximum atomic E-state index is 11.6. The molecule has 0 fully saturated rings. The Morgan fingerprint density at radius 1 is 1.28 bits per heavy atom. The van der Waals surface area contributed by atoms with Gasteiger partial charge in [0.1, 0.15) is 0 Å². The summed E-state index contributed by atoms with van der Waals surface area (Å²) in [7, 11) is 1.23. The molecule has 0 aliphatic rings. The van der Waals surface area contributed by atoms with Crippen molar-refractivity contribution in [2.75, 3.05) is 7.11 Å². The molecule has 0 saturated carbocycles. The fraction of sp³-hybridized carbons (Fsp3) is 0.308. The number of benzene rings is 1. The van der Waals surface area contributed by atoms with Crippen LogP contribution in [-0.2, 0) is 19.1 Å². The fourth-order valence-electron chi connectivity index (χ4n) is 1.38. The average Bonchev–Trinajstić information content (AvgIpc) is 2.35. The van der Waals surface area contributed by atoms with Crippen molar-refractivity contribution in [1.29, 1.82) is 5.41 Å². The summed E-state index contributed by atoms with van der Waals surface area (Å²) in [4.78, 5) is 23.1. The smallest absolute Gasteiger partial charge is 0.351 e. The van der Waals surface area contributed by atoms with E-state index in [1.54, 1.807) is 30.3 Å². The molecule has 0 bridgehead atoms. The Balaban J connectivity index is 2.84. The molecule has 0 spiro atoms. The van der Waals surface area contributed by atoms with Crippen LogP contribution in [0.2, 0.25) is 0 Å². The highest BCUT2D eigenvalue weighted by Gasteiger charge is 2.25. The van der Waals surface area contributed by atoms with E-state index in [0.29, 0.717) is 5.56 Å². The van der Waals surface area contributed by atoms with Gasteiger partial charge in [0.2, 0.25) is 6.10 Å². The molecule has 0 radical (unpaired) electrons. The Morgan fingerprint density at radius 2 is 1.89 bits per heavy atom. The minimum absolute atomic E-state index is 0.139. The van der Waals surface area contributed by atoms with Crippen LogP contribution in [0.1, 0.15) is 25.0 Å². The lowest BCUT2D eigenvalue weighted by molar-refractivity contribution is -0.165. The first-order valence-corrected chi connectivity index (χ1v) is 5.41. The zero-order valence-electron chi connectivity index (χ0n) is 10.3. The number of carbonyl (C=O) groups excluding carboxylic acids is 2. The van der Waals surface area contributed by atoms with Gasteiger partial charge < -0.3 is 14.9 Å². The van der Waals surface area contributed by atoms with Crippen LogP contribution in [0.5, 0.6) is 0 Å². The second-order valence-electron chi connectivity index (χ2n) is 3.76. The van der Waals surface area contributed by atoms with E-state index in [4.69, 9.17) is 10.1 Å². The van der Waals surface area contributed by atoms with E-state index in [1.165, 1.54) is 14.0 Å². The first kappa shape index (κ1) is 13.9. The van der Waals surface area contributed by atoms with Crippen molar-refractivity contribution in [2.45, 2.75) is 19.4 Å². The number of hydrogen-bond donors (Lipinski definition) is 1. The molecule has 1 rings (SSSR count). The normalized spacial score (nSPS) is 11.4. The predicted octanol–water partition coefficient (Wildman–Crippen LogP) is 1.87. The molecule has 1 aromatic rings. The average molecular weight is 249 g/mol. The van der Waals surface area contributed by atoms with Gasteiger partial charge in [0.25, 0.3) is 0 Å². The highest BCUT2D eigenvalue weighted by molar-refractivity contribution is 5.96. The van der Waals surface area contributed by atoms with E-state index in [9.17, 15) is 9.59 Å². The van der Waals surface area contributed by atoms with E-state index in [2.05, 4.69) is 4.74 Å². The summed E-state index contributed by atoms with van der Waals surface area (Å²) in [6, 6.07) is 8.61. The molecule has 96 valence electrons. The van der Waals surface area contributed by atoms with Crippen molar-refractivity contribution in [3.8, 4) is 0 Å². The van der Waals surface area contributed by atoms with E-state index < -0.39 is 18.0 Å². The lowest BCUT2D eigenvalue weighted by atomic mass is 10.1. The van der Waals surface area contributed by atoms with Crippen molar-refractivity contribution < 1.29 is 19.1 Å². The number of hydrogen-bond acceptors (Lipinski definition) is 5. The molecular weight excluding hydrogens is 234 g/mol. The predicted molar refractivity (Wildman–Crippen MR) is 65.3 cm³/mol. The minimum atomic E-state index is -1.08. The van der Waals surface area contributed by atoms with E-state index in [0.717, 1.165) is 0 Å². The molecule has 0 saturated heterocycles. The second kappa shape index (κ2) is 6.54. The van der Waals surface area contributed by atoms with Crippen LogP contribution in [0.15, 0.2) is 30.3 Å². The molecule has 1 unspecified atom stereocenters. The molecule has 5 heteroatoms. The SMILES string of the molecule is COC(=O)C(OC(=O)CC(C)=N)c1ccccc1. The molecule has 0 aliphatic heterocycles. The van der Waals surface area contributed by atoms with Gasteiger partial charge in [-0.25, -0.2) is 4.79 Å². The zero-order chi connectivity index (χ0) is 13.5. The van der Waals surface area contributed by atoms with Crippen LogP contribution in [0.4, 0.5) is 0 Å². The van der Waals surface area contributed by atoms with Gasteiger partial charge in [-0.1, -0.05) is 30.3 Å². The topological polar surface area (TPSA) is 76.5 Å². The first-order chi connectivity index (χ1) is 8.54. The van der Waals surface area contributed by atoms with Crippen LogP contribution >= 0.6 is 0 Å². The maximum Gasteiger partial charge on any atom is 0.351 e. The lowest BCUT2D eigenvalue weighted by Crippen LogP contribution is -2.22. The quantitative estimate of drug-likeness (QED) is 0.638. The van der Waals surface area contributed by atoms with Crippen molar-refractivity contribution >= 4 is 17.7 Å². The van der Waals surface area contributed by atoms with Gasteiger partial charge in [-0.2, -0.15) is 0 Å². The second-order valence-corrected chi connectivity index (χ2v) is 3.76. The molecule has 0 aromatic heterocycles. The molecule has 0 aliphatic carbocycles. The molecule has 1 N–H and O–H groups in total. The van der Waals surface area contributed by atoms with Crippen LogP contribution < -0.4 is 0 Å². The fourth-order valence-corrected chi connectivity index (χ4v) is 1.38. The van der Waals surface area contributed by atoms with Gasteiger partial charge in [0.05, 0.1) is 13.5 Å². The molecule has 5 nitrogen and oxygen atoms in total. The third-order valence-corrected chi connectivity index (χ3v) is 2.18. The van der Waals surface area contributed by atoms with Crippen LogP contribution in [0.3, 0.4) is 0 Å². The summed E-state index contributed by atoms with van der Waals surface area (Å²) in [6.45, 7) is 1.50. The van der Waals surface area contributed by atoms with Crippen LogP contribution in [0, 0.1) is 5.41 Å². The van der Waals surface area contributed by atoms with Gasteiger partial charge in [0, 0.05) is 11.3 Å². The maximum absolute atomic E-state index is 11.6. The minimum Gasteiger partial charge on any atom is -0.466 e. The van der Waals surface area contributed by atoms with Crippen molar-refractivity contribution in [3.05, 3.63) is 35.9 Å². The standard InChI is InChI=1S/C13H15NO4/c1-9(14)8-11(15)18-12(13(16)17-2)10-6-4-3-5-7-10/h3-7,12,14H,8H2,1-2H3. The van der Waals surface area contributed by atoms with E-state index >= 15 is 0 Å². The van der Waals surface area contributed by atoms with E-state index in [1.807, 2.05) is 0 Å². The Hall–Kier alpha value is -2.17. The first-order valence-electron chi connectivity index (χ1n) is 5.41. The molecule has 1 aromatic carbocycles. The number of esters is 2. The molecule has 0 amide bonds. The third-order valence-electron chi connectivity index (χ3n) is 2.18. The largest absolute Gasteiger partial charge is 0.466 e. The van der Waals surface area contributed by atoms with Gasteiger partial charge in [-0.05, 0) is 6.92 Å². The van der Waals surface area contributed by atoms with Crippen molar-refractivity contribution in [3.63, 3.8) is 0 Å². The molecule has 18 heavy (non-hydrogen) atoms. The summed E-state index contributed by atoms with van der Waals surface area (Å²) in [5, 5.41) is 7.21. The summed E-state index contributed by atoms with van der Waals surface area (Å²) < 4.78 is 9.65. The summed E-state index contributed by atoms with van der Waals surface area (Å²) >= 11 is 0. The number of rotatable bonds is 5. The summed E-state index contributed by atoms with van der Waals surface area (Å²) in [5.74, 6) is -1.26. The number of carbonyl (C=O) groups is 2. The Bertz CT molecular complexity index is 442. The van der Waals surface area contributed by atoms with E-state index in [-0.39, 0.29) is 12.1 Å². The van der Waals surface area contributed by atoms with Crippen molar-refractivity contribution in [1.82, 2.24) is 0 Å². The van der Waals surface area contributed by atoms with Gasteiger partial charge >= 0.3 is 11.9 Å². The third kappa shape index (κ3) is 4.01. The van der Waals surface area contributed by atoms with Crippen molar-refractivity contribution in [2.24, 2.45) is 0 Å². The van der Waals surface area contributed by atoms with Crippen LogP contribution in [-0.4, -0.2) is 24.8 Å². The van der Waals surface area contributed by atoms with Gasteiger partial charge in [0.15, 0.2) is 0 Å². The molecular formula is C13H15NO4. The Morgan fingerprint density at radius 3 is 2.39 bits per heavy atom. The highest BCUT2D eigenvalue weighted by Crippen LogP contribution is 2.19. The number of nitrogens with one attached hydrogen (secondary N) is 1. The lowest BCUT2D eigenvalue weighted by Gasteiger charge is -2.15. The van der Waals surface area contributed by atoms with Gasteiger partial charge in [-0.3, -0.25) is 4.79 Å². The Kier molecular flexibility index (Phi) is 5.05. The van der Waals surface area contributed by atoms with Gasteiger partial charge in [-0.15, -0.1) is 0 Å². The molecule has 0 heterocycles. The number of ether oxygens (including phenoxy) is 2. The summed E-state index contributed by atoms with van der Waals surface area (Å²) in [6.07, 6.45) is -1.22. The highest BCUT2D eigenvalue weighted by atomic mass is 16.6. The molecule has 1 atom stereocenters. The zero-order valence-corrected chi connectivity index (χ0v) is 10.3. The summed E-state index contributed by atoms with van der Waals surface area (Å²) in [5.41, 5.74) is 0.719. The monoisotopic (exact) mass is 249 g/mol. The number of methoxy groups -OCH3 is 1.